The first-order valence-corrected chi connectivity index (χ1v) is 7.26. The molecular weight excluding hydrogens is 328 g/mol. The van der Waals surface area contributed by atoms with E-state index in [1.807, 2.05) is 0 Å². The van der Waals surface area contributed by atoms with Crippen LogP contribution in [0.3, 0.4) is 0 Å². The van der Waals surface area contributed by atoms with Crippen molar-refractivity contribution in [2.45, 2.75) is 45.5 Å². The molecule has 24 heavy (non-hydrogen) atoms. The highest BCUT2D eigenvalue weighted by Gasteiger charge is 2.36. The van der Waals surface area contributed by atoms with Gasteiger partial charge in [0, 0.05) is 6.61 Å². The zero-order valence-corrected chi connectivity index (χ0v) is 13.9. The van der Waals surface area contributed by atoms with E-state index in [0.29, 0.717) is 6.61 Å². The fourth-order valence-corrected chi connectivity index (χ4v) is 1.41. The number of aliphatic hydroxyl groups is 2. The lowest BCUT2D eigenvalue weighted by Crippen LogP contribution is -2.38. The standard InChI is InChI=1S/C8H12O7.C6H14O3/c1-2-15-6(8(13)14)4(7(11)12)3-5(9)10;1-5(8)4-9-6(2)3-7/h4,6H,2-3H2,1H3,(H,9,10)(H,11,12)(H,13,14);5-8H,3-4H2,1-2H3. The van der Waals surface area contributed by atoms with Gasteiger partial charge in [0.1, 0.15) is 5.92 Å². The van der Waals surface area contributed by atoms with E-state index in [9.17, 15) is 14.4 Å². The number of hydrogen-bond acceptors (Lipinski definition) is 7. The number of carbonyl (C=O) groups is 3. The molecule has 0 aromatic rings. The van der Waals surface area contributed by atoms with Crippen LogP contribution in [-0.2, 0) is 23.9 Å². The van der Waals surface area contributed by atoms with Crippen molar-refractivity contribution in [3.63, 3.8) is 0 Å². The molecular formula is C14H26O10. The Morgan fingerprint density at radius 3 is 1.83 bits per heavy atom. The van der Waals surface area contributed by atoms with Gasteiger partial charge >= 0.3 is 17.9 Å². The highest BCUT2D eigenvalue weighted by Crippen LogP contribution is 2.14. The van der Waals surface area contributed by atoms with Crippen LogP contribution in [0, 0.1) is 5.92 Å². The summed E-state index contributed by atoms with van der Waals surface area (Å²) in [7, 11) is 0. The molecule has 0 spiro atoms. The van der Waals surface area contributed by atoms with Crippen molar-refractivity contribution in [3.05, 3.63) is 0 Å². The van der Waals surface area contributed by atoms with Gasteiger partial charge in [0.05, 0.1) is 31.8 Å². The molecule has 0 saturated carbocycles. The number of carboxylic acids is 3. The zero-order chi connectivity index (χ0) is 19.3. The Morgan fingerprint density at radius 1 is 1.00 bits per heavy atom. The summed E-state index contributed by atoms with van der Waals surface area (Å²) in [6.07, 6.45) is -3.03. The number of carboxylic acid groups (broad SMARTS) is 3. The molecule has 0 saturated heterocycles. The number of aliphatic hydroxyl groups excluding tert-OH is 2. The van der Waals surface area contributed by atoms with Gasteiger partial charge < -0.3 is 35.0 Å². The van der Waals surface area contributed by atoms with Crippen LogP contribution in [0.5, 0.6) is 0 Å². The second kappa shape index (κ2) is 13.7. The van der Waals surface area contributed by atoms with Gasteiger partial charge in [-0.2, -0.15) is 0 Å². The lowest BCUT2D eigenvalue weighted by atomic mass is 9.98. The van der Waals surface area contributed by atoms with Crippen LogP contribution < -0.4 is 0 Å². The number of hydrogen-bond donors (Lipinski definition) is 5. The van der Waals surface area contributed by atoms with Gasteiger partial charge in [0.25, 0.3) is 0 Å². The number of ether oxygens (including phenoxy) is 2. The SMILES string of the molecule is CC(O)COC(C)CO.CCOC(C(=O)O)C(CC(=O)O)C(=O)O. The fourth-order valence-electron chi connectivity index (χ4n) is 1.41. The van der Waals surface area contributed by atoms with Crippen LogP contribution in [0.1, 0.15) is 27.2 Å². The molecule has 0 aromatic heterocycles. The monoisotopic (exact) mass is 354 g/mol. The lowest BCUT2D eigenvalue weighted by Gasteiger charge is -2.18. The third-order valence-corrected chi connectivity index (χ3v) is 2.55. The summed E-state index contributed by atoms with van der Waals surface area (Å²) in [6, 6.07) is 0. The Balaban J connectivity index is 0. The molecule has 0 amide bonds. The van der Waals surface area contributed by atoms with Crippen LogP contribution in [0.15, 0.2) is 0 Å². The molecule has 0 aliphatic rings. The second-order valence-corrected chi connectivity index (χ2v) is 4.93. The highest BCUT2D eigenvalue weighted by molar-refractivity contribution is 5.85. The Hall–Kier alpha value is -1.75. The van der Waals surface area contributed by atoms with Crippen molar-refractivity contribution in [2.24, 2.45) is 5.92 Å². The molecule has 0 aliphatic heterocycles. The first kappa shape index (κ1) is 24.5. The molecule has 0 rings (SSSR count). The Kier molecular flexibility index (Phi) is 14.0. The average Bonchev–Trinajstić information content (AvgIpc) is 2.48. The van der Waals surface area contributed by atoms with E-state index < -0.39 is 42.5 Å². The van der Waals surface area contributed by atoms with Crippen molar-refractivity contribution >= 4 is 17.9 Å². The maximum absolute atomic E-state index is 10.6. The van der Waals surface area contributed by atoms with Crippen LogP contribution in [0.2, 0.25) is 0 Å². The molecule has 0 radical (unpaired) electrons. The first-order valence-electron chi connectivity index (χ1n) is 7.26. The minimum atomic E-state index is -1.64. The third-order valence-electron chi connectivity index (χ3n) is 2.55. The summed E-state index contributed by atoms with van der Waals surface area (Å²) in [5, 5.41) is 42.9. The van der Waals surface area contributed by atoms with Crippen molar-refractivity contribution < 1.29 is 49.4 Å². The molecule has 0 aromatic carbocycles. The molecule has 10 heteroatoms. The maximum atomic E-state index is 10.6. The van der Waals surface area contributed by atoms with Crippen molar-refractivity contribution in [2.75, 3.05) is 19.8 Å². The summed E-state index contributed by atoms with van der Waals surface area (Å²) >= 11 is 0. The molecule has 5 N–H and O–H groups in total. The number of aliphatic carboxylic acids is 3. The minimum absolute atomic E-state index is 0.000363. The van der Waals surface area contributed by atoms with Gasteiger partial charge in [0.2, 0.25) is 0 Å². The largest absolute Gasteiger partial charge is 0.481 e. The fraction of sp³-hybridized carbons (Fsp3) is 0.786. The van der Waals surface area contributed by atoms with Gasteiger partial charge in [-0.05, 0) is 20.8 Å². The van der Waals surface area contributed by atoms with Crippen molar-refractivity contribution in [1.82, 2.24) is 0 Å². The molecule has 142 valence electrons. The maximum Gasteiger partial charge on any atom is 0.333 e. The van der Waals surface area contributed by atoms with Crippen molar-refractivity contribution in [3.8, 4) is 0 Å². The Labute approximate surface area is 139 Å². The van der Waals surface area contributed by atoms with Gasteiger partial charge in [-0.1, -0.05) is 0 Å². The predicted molar refractivity (Wildman–Crippen MR) is 80.6 cm³/mol. The normalized spacial score (nSPS) is 15.4. The molecule has 0 aliphatic carbocycles. The molecule has 10 nitrogen and oxygen atoms in total. The molecule has 0 fully saturated rings. The Bertz CT molecular complexity index is 382. The average molecular weight is 354 g/mol. The summed E-state index contributed by atoms with van der Waals surface area (Å²) in [5.41, 5.74) is 0. The lowest BCUT2D eigenvalue weighted by molar-refractivity contribution is -0.166. The molecule has 0 bridgehead atoms. The smallest absolute Gasteiger partial charge is 0.333 e. The van der Waals surface area contributed by atoms with Crippen LogP contribution in [0.4, 0.5) is 0 Å². The van der Waals surface area contributed by atoms with E-state index >= 15 is 0 Å². The highest BCUT2D eigenvalue weighted by atomic mass is 16.5. The molecule has 0 heterocycles. The summed E-state index contributed by atoms with van der Waals surface area (Å²) in [4.78, 5) is 31.6. The number of rotatable bonds is 11. The van der Waals surface area contributed by atoms with E-state index in [1.54, 1.807) is 13.8 Å². The molecule has 4 unspecified atom stereocenters. The van der Waals surface area contributed by atoms with E-state index in [0.717, 1.165) is 0 Å². The van der Waals surface area contributed by atoms with Gasteiger partial charge in [-0.25, -0.2) is 4.79 Å². The summed E-state index contributed by atoms with van der Waals surface area (Å²) in [5.74, 6) is -5.95. The van der Waals surface area contributed by atoms with Crippen molar-refractivity contribution in [1.29, 1.82) is 0 Å². The van der Waals surface area contributed by atoms with E-state index in [2.05, 4.69) is 4.74 Å². The topological polar surface area (TPSA) is 171 Å². The van der Waals surface area contributed by atoms with Crippen LogP contribution in [-0.4, -0.2) is 81.6 Å². The van der Waals surface area contributed by atoms with Crippen LogP contribution in [0.25, 0.3) is 0 Å². The van der Waals surface area contributed by atoms with Gasteiger partial charge in [-0.3, -0.25) is 9.59 Å². The second-order valence-electron chi connectivity index (χ2n) is 4.93. The van der Waals surface area contributed by atoms with Gasteiger partial charge in [-0.15, -0.1) is 0 Å². The third kappa shape index (κ3) is 12.8. The quantitative estimate of drug-likeness (QED) is 0.323. The Morgan fingerprint density at radius 2 is 1.54 bits per heavy atom. The summed E-state index contributed by atoms with van der Waals surface area (Å²) < 4.78 is 9.64. The molecule has 4 atom stereocenters. The van der Waals surface area contributed by atoms with E-state index in [-0.39, 0.29) is 19.3 Å². The summed E-state index contributed by atoms with van der Waals surface area (Å²) in [6.45, 7) is 5.19. The zero-order valence-electron chi connectivity index (χ0n) is 13.9. The minimum Gasteiger partial charge on any atom is -0.481 e. The van der Waals surface area contributed by atoms with E-state index in [1.165, 1.54) is 6.92 Å². The van der Waals surface area contributed by atoms with Gasteiger partial charge in [0.15, 0.2) is 6.10 Å². The predicted octanol–water partition coefficient (Wildman–Crippen LogP) is -0.584. The van der Waals surface area contributed by atoms with Crippen LogP contribution >= 0.6 is 0 Å². The first-order chi connectivity index (χ1) is 11.1. The van der Waals surface area contributed by atoms with E-state index in [4.69, 9.17) is 30.3 Å².